The molecule has 0 unspecified atom stereocenters. The molecule has 8 nitrogen and oxygen atoms in total. The third kappa shape index (κ3) is 6.44. The highest BCUT2D eigenvalue weighted by molar-refractivity contribution is 7.98. The van der Waals surface area contributed by atoms with E-state index in [4.69, 9.17) is 15.0 Å². The number of esters is 1. The van der Waals surface area contributed by atoms with E-state index < -0.39 is 30.2 Å². The molecule has 0 aliphatic carbocycles. The van der Waals surface area contributed by atoms with Crippen molar-refractivity contribution in [1.82, 2.24) is 5.16 Å². The van der Waals surface area contributed by atoms with Gasteiger partial charge >= 0.3 is 5.97 Å². The van der Waals surface area contributed by atoms with Gasteiger partial charge in [0.15, 0.2) is 6.61 Å². The standard InChI is InChI=1S/C24H24FN3O5S/c1-15-20(16(2)33-27-15)14-34-21-6-4-3-5-19(21)24(31)32-13-23(30)28(12-11-22(26)29)18-9-7-17(25)8-10-18/h3-10H,11-14H2,1-2H3,(H2,26,29). The van der Waals surface area contributed by atoms with Gasteiger partial charge in [0.25, 0.3) is 5.91 Å². The summed E-state index contributed by atoms with van der Waals surface area (Å²) in [5.41, 5.74) is 7.62. The van der Waals surface area contributed by atoms with E-state index in [0.717, 1.165) is 11.3 Å². The van der Waals surface area contributed by atoms with Crippen molar-refractivity contribution < 1.29 is 28.0 Å². The summed E-state index contributed by atoms with van der Waals surface area (Å²) in [7, 11) is 0. The van der Waals surface area contributed by atoms with Crippen LogP contribution in [0.2, 0.25) is 0 Å². The number of hydrogen-bond acceptors (Lipinski definition) is 7. The largest absolute Gasteiger partial charge is 0.452 e. The number of aromatic nitrogens is 1. The molecule has 1 aromatic heterocycles. The smallest absolute Gasteiger partial charge is 0.339 e. The number of thioether (sulfide) groups is 1. The van der Waals surface area contributed by atoms with Crippen molar-refractivity contribution in [3.8, 4) is 0 Å². The topological polar surface area (TPSA) is 116 Å². The van der Waals surface area contributed by atoms with Gasteiger partial charge in [0, 0.05) is 34.9 Å². The van der Waals surface area contributed by atoms with Crippen molar-refractivity contribution in [3.05, 3.63) is 76.9 Å². The number of ether oxygens (including phenoxy) is 1. The molecule has 2 amide bonds. The summed E-state index contributed by atoms with van der Waals surface area (Å²) in [5.74, 6) is -1.03. The van der Waals surface area contributed by atoms with Gasteiger partial charge in [0.1, 0.15) is 11.6 Å². The molecule has 0 fully saturated rings. The number of aryl methyl sites for hydroxylation is 2. The zero-order valence-corrected chi connectivity index (χ0v) is 19.6. The Kier molecular flexibility index (Phi) is 8.42. The number of benzene rings is 2. The predicted octanol–water partition coefficient (Wildman–Crippen LogP) is 3.79. The highest BCUT2D eigenvalue weighted by Gasteiger charge is 2.21. The highest BCUT2D eigenvalue weighted by Crippen LogP contribution is 2.29. The molecule has 0 spiro atoms. The van der Waals surface area contributed by atoms with Crippen LogP contribution in [0.25, 0.3) is 0 Å². The van der Waals surface area contributed by atoms with Crippen LogP contribution in [0.4, 0.5) is 10.1 Å². The van der Waals surface area contributed by atoms with Crippen LogP contribution in [-0.4, -0.2) is 36.1 Å². The first-order valence-electron chi connectivity index (χ1n) is 10.4. The lowest BCUT2D eigenvalue weighted by molar-refractivity contribution is -0.121. The van der Waals surface area contributed by atoms with Crippen LogP contribution in [-0.2, 0) is 20.1 Å². The fraction of sp³-hybridized carbons (Fsp3) is 0.250. The Labute approximate surface area is 200 Å². The zero-order chi connectivity index (χ0) is 24.7. The van der Waals surface area contributed by atoms with Crippen LogP contribution < -0.4 is 10.6 Å². The van der Waals surface area contributed by atoms with E-state index in [1.165, 1.54) is 40.9 Å². The molecule has 10 heteroatoms. The second kappa shape index (κ2) is 11.5. The Morgan fingerprint density at radius 1 is 1.12 bits per heavy atom. The van der Waals surface area contributed by atoms with Crippen LogP contribution in [0.15, 0.2) is 57.9 Å². The van der Waals surface area contributed by atoms with Crippen molar-refractivity contribution in [2.24, 2.45) is 5.73 Å². The molecule has 0 aliphatic heterocycles. The Balaban J connectivity index is 1.68. The third-order valence-electron chi connectivity index (χ3n) is 5.01. The molecule has 1 heterocycles. The van der Waals surface area contributed by atoms with E-state index in [1.807, 2.05) is 13.8 Å². The lowest BCUT2D eigenvalue weighted by Crippen LogP contribution is -2.37. The summed E-state index contributed by atoms with van der Waals surface area (Å²) >= 11 is 1.43. The van der Waals surface area contributed by atoms with E-state index >= 15 is 0 Å². The first kappa shape index (κ1) is 25.0. The first-order valence-corrected chi connectivity index (χ1v) is 11.4. The van der Waals surface area contributed by atoms with E-state index in [1.54, 1.807) is 24.3 Å². The molecule has 3 rings (SSSR count). The quantitative estimate of drug-likeness (QED) is 0.343. The number of rotatable bonds is 10. The van der Waals surface area contributed by atoms with E-state index in [-0.39, 0.29) is 13.0 Å². The van der Waals surface area contributed by atoms with E-state index in [9.17, 15) is 18.8 Å². The van der Waals surface area contributed by atoms with E-state index in [2.05, 4.69) is 5.16 Å². The second-order valence-corrected chi connectivity index (χ2v) is 8.42. The molecule has 0 bridgehead atoms. The molecule has 0 saturated carbocycles. The van der Waals surface area contributed by atoms with Crippen molar-refractivity contribution in [3.63, 3.8) is 0 Å². The molecule has 0 radical (unpaired) electrons. The average molecular weight is 486 g/mol. The number of anilines is 1. The second-order valence-electron chi connectivity index (χ2n) is 7.40. The summed E-state index contributed by atoms with van der Waals surface area (Å²) in [6, 6.07) is 12.1. The Bertz CT molecular complexity index is 1160. The fourth-order valence-electron chi connectivity index (χ4n) is 3.14. The fourth-order valence-corrected chi connectivity index (χ4v) is 4.34. The molecule has 0 atom stereocenters. The van der Waals surface area contributed by atoms with Gasteiger partial charge in [-0.05, 0) is 50.2 Å². The summed E-state index contributed by atoms with van der Waals surface area (Å²) in [6.45, 7) is 3.09. The SMILES string of the molecule is Cc1noc(C)c1CSc1ccccc1C(=O)OCC(=O)N(CCC(N)=O)c1ccc(F)cc1. The van der Waals surface area contributed by atoms with Gasteiger partial charge in [-0.2, -0.15) is 0 Å². The number of hydrogen-bond donors (Lipinski definition) is 1. The van der Waals surface area contributed by atoms with Crippen LogP contribution in [0.1, 0.15) is 33.8 Å². The Hall–Kier alpha value is -3.66. The summed E-state index contributed by atoms with van der Waals surface area (Å²) in [4.78, 5) is 38.7. The van der Waals surface area contributed by atoms with Crippen LogP contribution in [0, 0.1) is 19.7 Å². The van der Waals surface area contributed by atoms with Crippen molar-refractivity contribution >= 4 is 35.2 Å². The normalized spacial score (nSPS) is 10.7. The zero-order valence-electron chi connectivity index (χ0n) is 18.7. The van der Waals surface area contributed by atoms with Crippen LogP contribution >= 0.6 is 11.8 Å². The lowest BCUT2D eigenvalue weighted by atomic mass is 10.2. The maximum absolute atomic E-state index is 13.3. The number of carbonyl (C=O) groups excluding carboxylic acids is 3. The predicted molar refractivity (Wildman–Crippen MR) is 125 cm³/mol. The minimum atomic E-state index is -0.663. The first-order chi connectivity index (χ1) is 16.3. The van der Waals surface area contributed by atoms with Crippen molar-refractivity contribution in [2.45, 2.75) is 30.9 Å². The average Bonchev–Trinajstić information content (AvgIpc) is 3.14. The molecule has 178 valence electrons. The number of amides is 2. The van der Waals surface area contributed by atoms with Crippen LogP contribution in [0.5, 0.6) is 0 Å². The molecular weight excluding hydrogens is 461 g/mol. The maximum atomic E-state index is 13.3. The number of nitrogens with two attached hydrogens (primary N) is 1. The van der Waals surface area contributed by atoms with Crippen LogP contribution in [0.3, 0.4) is 0 Å². The Morgan fingerprint density at radius 3 is 2.47 bits per heavy atom. The molecular formula is C24H24FN3O5S. The Morgan fingerprint density at radius 2 is 1.82 bits per heavy atom. The molecule has 2 N–H and O–H groups in total. The molecule has 34 heavy (non-hydrogen) atoms. The molecule has 3 aromatic rings. The van der Waals surface area contributed by atoms with Gasteiger partial charge in [-0.25, -0.2) is 9.18 Å². The molecule has 0 aliphatic rings. The highest BCUT2D eigenvalue weighted by atomic mass is 32.2. The summed E-state index contributed by atoms with van der Waals surface area (Å²) in [6.07, 6.45) is -0.0990. The van der Waals surface area contributed by atoms with Gasteiger partial charge in [0.05, 0.1) is 11.3 Å². The maximum Gasteiger partial charge on any atom is 0.339 e. The van der Waals surface area contributed by atoms with Gasteiger partial charge in [0.2, 0.25) is 5.91 Å². The monoisotopic (exact) mass is 485 g/mol. The number of halogens is 1. The summed E-state index contributed by atoms with van der Waals surface area (Å²) in [5, 5.41) is 3.94. The van der Waals surface area contributed by atoms with Gasteiger partial charge in [-0.15, -0.1) is 11.8 Å². The summed E-state index contributed by atoms with van der Waals surface area (Å²) < 4.78 is 23.7. The van der Waals surface area contributed by atoms with Gasteiger partial charge in [-0.3, -0.25) is 9.59 Å². The number of primary amides is 1. The lowest BCUT2D eigenvalue weighted by Gasteiger charge is -2.22. The number of nitrogens with zero attached hydrogens (tertiary/aromatic N) is 2. The van der Waals surface area contributed by atoms with Crippen molar-refractivity contribution in [2.75, 3.05) is 18.1 Å². The molecule has 2 aromatic carbocycles. The minimum Gasteiger partial charge on any atom is -0.452 e. The van der Waals surface area contributed by atoms with Gasteiger partial charge in [-0.1, -0.05) is 17.3 Å². The number of carbonyl (C=O) groups is 3. The third-order valence-corrected chi connectivity index (χ3v) is 6.11. The van der Waals surface area contributed by atoms with Gasteiger partial charge < -0.3 is 19.9 Å². The minimum absolute atomic E-state index is 0.0266. The van der Waals surface area contributed by atoms with E-state index in [0.29, 0.717) is 27.7 Å². The van der Waals surface area contributed by atoms with Crippen molar-refractivity contribution in [1.29, 1.82) is 0 Å². The molecule has 0 saturated heterocycles.